The van der Waals surface area contributed by atoms with E-state index in [4.69, 9.17) is 0 Å². The Morgan fingerprint density at radius 3 is 2.83 bits per heavy atom. The zero-order valence-corrected chi connectivity index (χ0v) is 13.7. The third-order valence-corrected chi connectivity index (χ3v) is 3.74. The third kappa shape index (κ3) is 2.67. The molecule has 0 bridgehead atoms. The van der Waals surface area contributed by atoms with Crippen LogP contribution in [0.2, 0.25) is 0 Å². The van der Waals surface area contributed by atoms with E-state index in [1.165, 1.54) is 0 Å². The van der Waals surface area contributed by atoms with Crippen molar-refractivity contribution in [2.75, 3.05) is 0 Å². The summed E-state index contributed by atoms with van der Waals surface area (Å²) in [7, 11) is 0. The van der Waals surface area contributed by atoms with Crippen LogP contribution in [-0.4, -0.2) is 35.3 Å². The molecule has 0 atom stereocenters. The lowest BCUT2D eigenvalue weighted by Crippen LogP contribution is -2.25. The summed E-state index contributed by atoms with van der Waals surface area (Å²) < 4.78 is 3.58. The second-order valence-corrected chi connectivity index (χ2v) is 5.45. The molecule has 8 nitrogen and oxygen atoms in total. The summed E-state index contributed by atoms with van der Waals surface area (Å²) in [4.78, 5) is 17.1. The smallest absolute Gasteiger partial charge is 0.257 e. The summed E-state index contributed by atoms with van der Waals surface area (Å²) in [5.41, 5.74) is 3.53. The van der Waals surface area contributed by atoms with E-state index in [9.17, 15) is 4.79 Å². The van der Waals surface area contributed by atoms with Gasteiger partial charge in [-0.2, -0.15) is 5.10 Å². The molecule has 1 N–H and O–H groups in total. The SMILES string of the molecule is CCn1cnnc1CNC(=O)c1c(C)nn2c(C)cc(C)nc12. The first-order valence-corrected chi connectivity index (χ1v) is 7.49. The standard InChI is InChI=1S/C15H19N7O/c1-5-21-8-17-19-12(21)7-16-15(23)13-11(4)20-22-10(3)6-9(2)18-14(13)22/h6,8H,5,7H2,1-4H3,(H,16,23). The van der Waals surface area contributed by atoms with Gasteiger partial charge in [0.25, 0.3) is 5.91 Å². The Morgan fingerprint density at radius 1 is 1.30 bits per heavy atom. The molecule has 0 unspecified atom stereocenters. The maximum Gasteiger partial charge on any atom is 0.257 e. The lowest BCUT2D eigenvalue weighted by molar-refractivity contribution is 0.0950. The van der Waals surface area contributed by atoms with Crippen molar-refractivity contribution in [1.82, 2.24) is 34.7 Å². The predicted molar refractivity (Wildman–Crippen MR) is 84.1 cm³/mol. The monoisotopic (exact) mass is 313 g/mol. The molecule has 120 valence electrons. The van der Waals surface area contributed by atoms with E-state index in [0.29, 0.717) is 23.4 Å². The van der Waals surface area contributed by atoms with Crippen molar-refractivity contribution in [2.45, 2.75) is 40.8 Å². The molecule has 3 aromatic heterocycles. The Labute approximate surface area is 133 Å². The van der Waals surface area contributed by atoms with Crippen LogP contribution in [-0.2, 0) is 13.1 Å². The first kappa shape index (κ1) is 15.1. The van der Waals surface area contributed by atoms with E-state index < -0.39 is 0 Å². The molecule has 0 fully saturated rings. The van der Waals surface area contributed by atoms with Crippen molar-refractivity contribution in [1.29, 1.82) is 0 Å². The molecule has 0 aliphatic carbocycles. The number of hydrogen-bond acceptors (Lipinski definition) is 5. The molecule has 23 heavy (non-hydrogen) atoms. The highest BCUT2D eigenvalue weighted by molar-refractivity contribution is 6.01. The molecule has 1 amide bonds. The van der Waals surface area contributed by atoms with Crippen molar-refractivity contribution in [3.05, 3.63) is 40.9 Å². The van der Waals surface area contributed by atoms with Gasteiger partial charge in [-0.3, -0.25) is 4.79 Å². The fraction of sp³-hybridized carbons (Fsp3) is 0.400. The van der Waals surface area contributed by atoms with E-state index in [2.05, 4.69) is 25.6 Å². The number of carbonyl (C=O) groups excluding carboxylic acids is 1. The van der Waals surface area contributed by atoms with E-state index >= 15 is 0 Å². The average Bonchev–Trinajstić information content (AvgIpc) is 3.08. The van der Waals surface area contributed by atoms with Gasteiger partial charge in [-0.25, -0.2) is 9.50 Å². The maximum absolute atomic E-state index is 12.6. The summed E-state index contributed by atoms with van der Waals surface area (Å²) in [6.07, 6.45) is 1.65. The first-order chi connectivity index (χ1) is 11.0. The van der Waals surface area contributed by atoms with Gasteiger partial charge in [0, 0.05) is 17.9 Å². The molecule has 3 heterocycles. The van der Waals surface area contributed by atoms with Crippen LogP contribution in [0.25, 0.3) is 5.65 Å². The van der Waals surface area contributed by atoms with E-state index in [-0.39, 0.29) is 5.91 Å². The highest BCUT2D eigenvalue weighted by Gasteiger charge is 2.20. The summed E-state index contributed by atoms with van der Waals surface area (Å²) in [6, 6.07) is 1.94. The van der Waals surface area contributed by atoms with E-state index in [0.717, 1.165) is 23.8 Å². The summed E-state index contributed by atoms with van der Waals surface area (Å²) in [5, 5.41) is 15.2. The Balaban J connectivity index is 1.90. The minimum absolute atomic E-state index is 0.208. The quantitative estimate of drug-likeness (QED) is 0.781. The zero-order valence-electron chi connectivity index (χ0n) is 13.7. The number of fused-ring (bicyclic) bond motifs is 1. The molecular formula is C15H19N7O. The van der Waals surface area contributed by atoms with E-state index in [1.54, 1.807) is 10.8 Å². The normalized spacial score (nSPS) is 11.1. The molecule has 3 aromatic rings. The number of nitrogens with zero attached hydrogens (tertiary/aromatic N) is 6. The number of amides is 1. The second kappa shape index (κ2) is 5.79. The third-order valence-electron chi connectivity index (χ3n) is 3.74. The van der Waals surface area contributed by atoms with Gasteiger partial charge in [0.2, 0.25) is 0 Å². The minimum Gasteiger partial charge on any atom is -0.345 e. The summed E-state index contributed by atoms with van der Waals surface area (Å²) in [5.74, 6) is 0.510. The molecule has 0 aromatic carbocycles. The second-order valence-electron chi connectivity index (χ2n) is 5.45. The van der Waals surface area contributed by atoms with Crippen molar-refractivity contribution in [3.63, 3.8) is 0 Å². The largest absolute Gasteiger partial charge is 0.345 e. The molecule has 0 aliphatic rings. The molecule has 8 heteroatoms. The molecule has 0 saturated carbocycles. The van der Waals surface area contributed by atoms with E-state index in [1.807, 2.05) is 38.3 Å². The van der Waals surface area contributed by atoms with Crippen molar-refractivity contribution >= 4 is 11.6 Å². The summed E-state index contributed by atoms with van der Waals surface area (Å²) in [6.45, 7) is 8.73. The number of rotatable bonds is 4. The van der Waals surface area contributed by atoms with Crippen LogP contribution in [0.5, 0.6) is 0 Å². The van der Waals surface area contributed by atoms with Crippen LogP contribution < -0.4 is 5.32 Å². The molecule has 0 saturated heterocycles. The van der Waals surface area contributed by atoms with Crippen LogP contribution in [0.4, 0.5) is 0 Å². The average molecular weight is 313 g/mol. The minimum atomic E-state index is -0.208. The molecule has 3 rings (SSSR count). The summed E-state index contributed by atoms with van der Waals surface area (Å²) >= 11 is 0. The van der Waals surface area contributed by atoms with Crippen LogP contribution in [0.1, 0.15) is 40.2 Å². The fourth-order valence-corrected chi connectivity index (χ4v) is 2.62. The van der Waals surface area contributed by atoms with Crippen LogP contribution in [0.15, 0.2) is 12.4 Å². The number of carbonyl (C=O) groups is 1. The van der Waals surface area contributed by atoms with Crippen molar-refractivity contribution in [3.8, 4) is 0 Å². The lowest BCUT2D eigenvalue weighted by atomic mass is 10.2. The van der Waals surface area contributed by atoms with Gasteiger partial charge in [-0.15, -0.1) is 10.2 Å². The molecule has 0 spiro atoms. The molecular weight excluding hydrogens is 294 g/mol. The van der Waals surface area contributed by atoms with Crippen molar-refractivity contribution < 1.29 is 4.79 Å². The Hall–Kier alpha value is -2.77. The Bertz CT molecular complexity index is 877. The van der Waals surface area contributed by atoms with Gasteiger partial charge in [0.1, 0.15) is 11.9 Å². The Morgan fingerprint density at radius 2 is 2.09 bits per heavy atom. The highest BCUT2D eigenvalue weighted by atomic mass is 16.1. The molecule has 0 radical (unpaired) electrons. The highest BCUT2D eigenvalue weighted by Crippen LogP contribution is 2.16. The van der Waals surface area contributed by atoms with Crippen LogP contribution >= 0.6 is 0 Å². The number of aryl methyl sites for hydroxylation is 4. The van der Waals surface area contributed by atoms with Gasteiger partial charge in [0.15, 0.2) is 11.5 Å². The number of hydrogen-bond donors (Lipinski definition) is 1. The van der Waals surface area contributed by atoms with Crippen LogP contribution in [0, 0.1) is 20.8 Å². The zero-order chi connectivity index (χ0) is 16.6. The maximum atomic E-state index is 12.6. The number of aromatic nitrogens is 6. The van der Waals surface area contributed by atoms with Gasteiger partial charge < -0.3 is 9.88 Å². The van der Waals surface area contributed by atoms with Crippen molar-refractivity contribution in [2.24, 2.45) is 0 Å². The van der Waals surface area contributed by atoms with Crippen LogP contribution in [0.3, 0.4) is 0 Å². The van der Waals surface area contributed by atoms with Gasteiger partial charge in [-0.05, 0) is 33.8 Å². The topological polar surface area (TPSA) is 90.0 Å². The predicted octanol–water partition coefficient (Wildman–Crippen LogP) is 1.20. The first-order valence-electron chi connectivity index (χ1n) is 7.49. The lowest BCUT2D eigenvalue weighted by Gasteiger charge is -2.06. The number of nitrogens with one attached hydrogen (secondary N) is 1. The fourth-order valence-electron chi connectivity index (χ4n) is 2.62. The van der Waals surface area contributed by atoms with Gasteiger partial charge >= 0.3 is 0 Å². The molecule has 0 aliphatic heterocycles. The van der Waals surface area contributed by atoms with Gasteiger partial charge in [-0.1, -0.05) is 0 Å². The van der Waals surface area contributed by atoms with Gasteiger partial charge in [0.05, 0.1) is 12.2 Å². The Kier molecular flexibility index (Phi) is 3.81.